The zero-order chi connectivity index (χ0) is 16.4. The third-order valence-electron chi connectivity index (χ3n) is 4.50. The second kappa shape index (κ2) is 6.79. The average Bonchev–Trinajstić information content (AvgIpc) is 3.20. The predicted octanol–water partition coefficient (Wildman–Crippen LogP) is 3.84. The highest BCUT2D eigenvalue weighted by Crippen LogP contribution is 2.21. The van der Waals surface area contributed by atoms with Gasteiger partial charge in [-0.1, -0.05) is 18.2 Å². The summed E-state index contributed by atoms with van der Waals surface area (Å²) in [6, 6.07) is 11.8. The maximum absolute atomic E-state index is 12.8. The van der Waals surface area contributed by atoms with Crippen LogP contribution in [0.4, 0.5) is 0 Å². The van der Waals surface area contributed by atoms with E-state index in [0.29, 0.717) is 5.76 Å². The summed E-state index contributed by atoms with van der Waals surface area (Å²) in [5.41, 5.74) is 2.13. The van der Waals surface area contributed by atoms with Crippen LogP contribution in [0.5, 0.6) is 0 Å². The largest absolute Gasteiger partial charge is 0.451 e. The number of carbonyl (C=O) groups excluding carboxylic acids is 1. The molecule has 0 bridgehead atoms. The number of fused-ring (bicyclic) bond motifs is 1. The fourth-order valence-electron chi connectivity index (χ4n) is 3.22. The summed E-state index contributed by atoms with van der Waals surface area (Å²) in [7, 11) is 0. The molecule has 5 heteroatoms. The molecule has 0 N–H and O–H groups in total. The molecule has 2 aromatic heterocycles. The van der Waals surface area contributed by atoms with Crippen molar-refractivity contribution < 1.29 is 9.21 Å². The van der Waals surface area contributed by atoms with Crippen molar-refractivity contribution in [2.75, 3.05) is 26.2 Å². The molecule has 3 heterocycles. The van der Waals surface area contributed by atoms with Crippen LogP contribution in [-0.4, -0.2) is 41.9 Å². The number of thiophene rings is 1. The molecule has 0 aliphatic carbocycles. The summed E-state index contributed by atoms with van der Waals surface area (Å²) in [5, 5.41) is 5.29. The summed E-state index contributed by atoms with van der Waals surface area (Å²) in [6.45, 7) is 4.44. The van der Waals surface area contributed by atoms with E-state index in [1.807, 2.05) is 35.2 Å². The van der Waals surface area contributed by atoms with Crippen LogP contribution >= 0.6 is 11.3 Å². The Bertz CT molecular complexity index is 792. The first-order valence-corrected chi connectivity index (χ1v) is 9.25. The number of rotatable bonds is 3. The topological polar surface area (TPSA) is 36.7 Å². The number of benzene rings is 1. The Morgan fingerprint density at radius 1 is 1.12 bits per heavy atom. The second-order valence-corrected chi connectivity index (χ2v) is 6.98. The molecule has 0 spiro atoms. The molecular formula is C19H20N2O2S. The van der Waals surface area contributed by atoms with Crippen molar-refractivity contribution in [3.8, 4) is 0 Å². The van der Waals surface area contributed by atoms with Crippen molar-refractivity contribution >= 4 is 28.2 Å². The van der Waals surface area contributed by atoms with Gasteiger partial charge in [0.1, 0.15) is 5.58 Å². The molecule has 1 fully saturated rings. The van der Waals surface area contributed by atoms with Gasteiger partial charge in [-0.15, -0.1) is 0 Å². The quantitative estimate of drug-likeness (QED) is 0.727. The van der Waals surface area contributed by atoms with Gasteiger partial charge in [0.15, 0.2) is 5.76 Å². The molecule has 1 amide bonds. The summed E-state index contributed by atoms with van der Waals surface area (Å²) < 4.78 is 5.73. The fourth-order valence-corrected chi connectivity index (χ4v) is 3.88. The number of nitrogens with zero attached hydrogens (tertiary/aromatic N) is 2. The van der Waals surface area contributed by atoms with Crippen LogP contribution in [0.25, 0.3) is 11.0 Å². The first-order chi connectivity index (χ1) is 11.8. The van der Waals surface area contributed by atoms with Crippen LogP contribution in [0.3, 0.4) is 0 Å². The molecule has 24 heavy (non-hydrogen) atoms. The zero-order valence-electron chi connectivity index (χ0n) is 13.5. The number of furan rings is 1. The van der Waals surface area contributed by atoms with Gasteiger partial charge >= 0.3 is 0 Å². The molecule has 3 aromatic rings. The van der Waals surface area contributed by atoms with Gasteiger partial charge in [-0.25, -0.2) is 0 Å². The Balaban J connectivity index is 1.43. The molecule has 1 aliphatic rings. The lowest BCUT2D eigenvalue weighted by molar-refractivity contribution is 0.0731. The van der Waals surface area contributed by atoms with Crippen LogP contribution in [-0.2, 0) is 6.54 Å². The summed E-state index contributed by atoms with van der Waals surface area (Å²) >= 11 is 1.73. The number of hydrogen-bond donors (Lipinski definition) is 0. The highest BCUT2D eigenvalue weighted by Gasteiger charge is 2.23. The number of carbonyl (C=O) groups is 1. The summed E-state index contributed by atoms with van der Waals surface area (Å²) in [5.74, 6) is 0.450. The SMILES string of the molecule is O=C(c1cc2ccccc2o1)N1CCCN(Cc2ccsc2)CC1. The third kappa shape index (κ3) is 3.23. The smallest absolute Gasteiger partial charge is 0.289 e. The molecule has 1 aromatic carbocycles. The van der Waals surface area contributed by atoms with Gasteiger partial charge in [-0.05, 0) is 40.9 Å². The van der Waals surface area contributed by atoms with E-state index < -0.39 is 0 Å². The Labute approximate surface area is 145 Å². The molecular weight excluding hydrogens is 320 g/mol. The highest BCUT2D eigenvalue weighted by atomic mass is 32.1. The van der Waals surface area contributed by atoms with E-state index in [0.717, 1.165) is 50.1 Å². The molecule has 124 valence electrons. The minimum Gasteiger partial charge on any atom is -0.451 e. The van der Waals surface area contributed by atoms with Gasteiger partial charge < -0.3 is 9.32 Å². The molecule has 0 radical (unpaired) electrons. The Kier molecular flexibility index (Phi) is 4.36. The van der Waals surface area contributed by atoms with E-state index in [1.54, 1.807) is 11.3 Å². The molecule has 4 rings (SSSR count). The van der Waals surface area contributed by atoms with Gasteiger partial charge in [-0.3, -0.25) is 9.69 Å². The minimum absolute atomic E-state index is 0.00332. The highest BCUT2D eigenvalue weighted by molar-refractivity contribution is 7.07. The number of hydrogen-bond acceptors (Lipinski definition) is 4. The van der Waals surface area contributed by atoms with E-state index in [2.05, 4.69) is 21.7 Å². The lowest BCUT2D eigenvalue weighted by atomic mass is 10.2. The molecule has 1 aliphatic heterocycles. The van der Waals surface area contributed by atoms with Gasteiger partial charge in [0, 0.05) is 38.1 Å². The second-order valence-electron chi connectivity index (χ2n) is 6.20. The summed E-state index contributed by atoms with van der Waals surface area (Å²) in [6.07, 6.45) is 0.996. The lowest BCUT2D eigenvalue weighted by Gasteiger charge is -2.21. The Morgan fingerprint density at radius 2 is 2.04 bits per heavy atom. The third-order valence-corrected chi connectivity index (χ3v) is 5.23. The first-order valence-electron chi connectivity index (χ1n) is 8.31. The summed E-state index contributed by atoms with van der Waals surface area (Å²) in [4.78, 5) is 17.1. The molecule has 0 atom stereocenters. The van der Waals surface area contributed by atoms with E-state index in [4.69, 9.17) is 4.42 Å². The van der Waals surface area contributed by atoms with Crippen molar-refractivity contribution in [1.29, 1.82) is 0 Å². The van der Waals surface area contributed by atoms with Gasteiger partial charge in [-0.2, -0.15) is 11.3 Å². The molecule has 0 saturated carbocycles. The van der Waals surface area contributed by atoms with Crippen molar-refractivity contribution in [2.45, 2.75) is 13.0 Å². The van der Waals surface area contributed by atoms with Gasteiger partial charge in [0.25, 0.3) is 5.91 Å². The van der Waals surface area contributed by atoms with Crippen molar-refractivity contribution in [3.05, 3.63) is 58.5 Å². The van der Waals surface area contributed by atoms with Crippen LogP contribution < -0.4 is 0 Å². The zero-order valence-corrected chi connectivity index (χ0v) is 14.3. The normalized spacial score (nSPS) is 16.4. The first kappa shape index (κ1) is 15.4. The van der Waals surface area contributed by atoms with Crippen molar-refractivity contribution in [2.24, 2.45) is 0 Å². The maximum Gasteiger partial charge on any atom is 0.289 e. The van der Waals surface area contributed by atoms with E-state index in [9.17, 15) is 4.79 Å². The number of para-hydroxylation sites is 1. The van der Waals surface area contributed by atoms with E-state index >= 15 is 0 Å². The number of amides is 1. The van der Waals surface area contributed by atoms with Crippen molar-refractivity contribution in [3.63, 3.8) is 0 Å². The Morgan fingerprint density at radius 3 is 2.88 bits per heavy atom. The molecule has 1 saturated heterocycles. The monoisotopic (exact) mass is 340 g/mol. The van der Waals surface area contributed by atoms with Crippen LogP contribution in [0.2, 0.25) is 0 Å². The lowest BCUT2D eigenvalue weighted by Crippen LogP contribution is -2.34. The standard InChI is InChI=1S/C19H20N2O2S/c22-19(18-12-16-4-1-2-5-17(16)23-18)21-8-3-7-20(9-10-21)13-15-6-11-24-14-15/h1-2,4-6,11-12,14H,3,7-10,13H2. The van der Waals surface area contributed by atoms with Gasteiger partial charge in [0.2, 0.25) is 0 Å². The van der Waals surface area contributed by atoms with Crippen LogP contribution in [0.1, 0.15) is 22.5 Å². The van der Waals surface area contributed by atoms with E-state index in [1.165, 1.54) is 5.56 Å². The van der Waals surface area contributed by atoms with E-state index in [-0.39, 0.29) is 5.91 Å². The molecule has 0 unspecified atom stereocenters. The van der Waals surface area contributed by atoms with Crippen LogP contribution in [0.15, 0.2) is 51.6 Å². The average molecular weight is 340 g/mol. The van der Waals surface area contributed by atoms with Crippen molar-refractivity contribution in [1.82, 2.24) is 9.80 Å². The fraction of sp³-hybridized carbons (Fsp3) is 0.316. The van der Waals surface area contributed by atoms with Crippen LogP contribution in [0, 0.1) is 0 Å². The molecule has 4 nitrogen and oxygen atoms in total. The maximum atomic E-state index is 12.8. The predicted molar refractivity (Wildman–Crippen MR) is 96.3 cm³/mol. The minimum atomic E-state index is 0.00332. The Hall–Kier alpha value is -2.11. The van der Waals surface area contributed by atoms with Gasteiger partial charge in [0.05, 0.1) is 0 Å².